The first-order chi connectivity index (χ1) is 12.2. The van der Waals surface area contributed by atoms with E-state index in [0.717, 1.165) is 24.1 Å². The van der Waals surface area contributed by atoms with Crippen LogP contribution in [0.5, 0.6) is 11.5 Å². The Hall–Kier alpha value is -3.02. The number of benzene rings is 2. The molecule has 1 atom stereocenters. The topological polar surface area (TPSA) is 76.7 Å². The number of amides is 2. The fourth-order valence-electron chi connectivity index (χ4n) is 3.02. The van der Waals surface area contributed by atoms with Crippen LogP contribution in [-0.4, -0.2) is 24.5 Å². The van der Waals surface area contributed by atoms with Crippen molar-refractivity contribution < 1.29 is 19.1 Å². The Labute approximate surface area is 145 Å². The quantitative estimate of drug-likeness (QED) is 0.883. The number of para-hydroxylation sites is 2. The molecule has 2 aliphatic heterocycles. The minimum atomic E-state index is -0.701. The van der Waals surface area contributed by atoms with Gasteiger partial charge in [0.2, 0.25) is 12.0 Å². The minimum Gasteiger partial charge on any atom is -0.485 e. The van der Waals surface area contributed by atoms with Gasteiger partial charge in [-0.2, -0.15) is 0 Å². The molecule has 0 radical (unpaired) electrons. The van der Waals surface area contributed by atoms with E-state index in [4.69, 9.17) is 9.47 Å². The second-order valence-corrected chi connectivity index (χ2v) is 6.13. The SMILES string of the molecule is O=C1CCCc2cc(NC(=O)[C@@H]3COc4ccccc4O3)ccc2N1. The predicted octanol–water partition coefficient (Wildman–Crippen LogP) is 2.74. The van der Waals surface area contributed by atoms with Gasteiger partial charge >= 0.3 is 0 Å². The van der Waals surface area contributed by atoms with E-state index in [-0.39, 0.29) is 18.4 Å². The van der Waals surface area contributed by atoms with E-state index >= 15 is 0 Å². The van der Waals surface area contributed by atoms with E-state index < -0.39 is 6.10 Å². The summed E-state index contributed by atoms with van der Waals surface area (Å²) in [4.78, 5) is 24.1. The van der Waals surface area contributed by atoms with Crippen molar-refractivity contribution in [2.75, 3.05) is 17.2 Å². The number of aryl methyl sites for hydroxylation is 1. The summed E-state index contributed by atoms with van der Waals surface area (Å²) in [5.74, 6) is 0.986. The average molecular weight is 338 g/mol. The van der Waals surface area contributed by atoms with Crippen LogP contribution in [0, 0.1) is 0 Å². The maximum atomic E-state index is 12.5. The summed E-state index contributed by atoms with van der Waals surface area (Å²) in [5.41, 5.74) is 2.52. The maximum Gasteiger partial charge on any atom is 0.269 e. The number of carbonyl (C=O) groups excluding carboxylic acids is 2. The number of fused-ring (bicyclic) bond motifs is 2. The number of ether oxygens (including phenoxy) is 2. The van der Waals surface area contributed by atoms with Gasteiger partial charge in [-0.05, 0) is 48.7 Å². The number of anilines is 2. The third-order valence-corrected chi connectivity index (χ3v) is 4.30. The normalized spacial score (nSPS) is 18.6. The first-order valence-electron chi connectivity index (χ1n) is 8.31. The first-order valence-corrected chi connectivity index (χ1v) is 8.31. The van der Waals surface area contributed by atoms with Gasteiger partial charge in [-0.1, -0.05) is 12.1 Å². The van der Waals surface area contributed by atoms with Crippen LogP contribution in [0.3, 0.4) is 0 Å². The van der Waals surface area contributed by atoms with Crippen molar-refractivity contribution in [2.24, 2.45) is 0 Å². The molecule has 6 nitrogen and oxygen atoms in total. The minimum absolute atomic E-state index is 0.0296. The molecule has 2 aromatic rings. The molecule has 0 unspecified atom stereocenters. The van der Waals surface area contributed by atoms with E-state index in [9.17, 15) is 9.59 Å². The second kappa shape index (κ2) is 6.47. The van der Waals surface area contributed by atoms with Crippen LogP contribution in [0.2, 0.25) is 0 Å². The first kappa shape index (κ1) is 15.5. The number of hydrogen-bond donors (Lipinski definition) is 2. The average Bonchev–Trinajstić information content (AvgIpc) is 2.81. The number of rotatable bonds is 2. The molecule has 0 bridgehead atoms. The van der Waals surface area contributed by atoms with Gasteiger partial charge in [-0.25, -0.2) is 0 Å². The molecule has 0 aromatic heterocycles. The third kappa shape index (κ3) is 3.28. The lowest BCUT2D eigenvalue weighted by atomic mass is 10.1. The number of hydrogen-bond acceptors (Lipinski definition) is 4. The predicted molar refractivity (Wildman–Crippen MR) is 93.0 cm³/mol. The molecule has 4 rings (SSSR count). The summed E-state index contributed by atoms with van der Waals surface area (Å²) in [5, 5.41) is 5.75. The Morgan fingerprint density at radius 3 is 2.84 bits per heavy atom. The zero-order chi connectivity index (χ0) is 17.2. The smallest absolute Gasteiger partial charge is 0.269 e. The summed E-state index contributed by atoms with van der Waals surface area (Å²) < 4.78 is 11.3. The molecular weight excluding hydrogens is 320 g/mol. The standard InChI is InChI=1S/C19H18N2O4/c22-18-7-3-4-12-10-13(8-9-14(12)21-18)20-19(23)17-11-24-15-5-1-2-6-16(15)25-17/h1-2,5-6,8-10,17H,3-4,7,11H2,(H,20,23)(H,21,22)/t17-/m0/s1. The van der Waals surface area contributed by atoms with Crippen LogP contribution in [0.1, 0.15) is 18.4 Å². The van der Waals surface area contributed by atoms with Crippen molar-refractivity contribution in [3.05, 3.63) is 48.0 Å². The molecule has 2 heterocycles. The Balaban J connectivity index is 1.47. The molecule has 0 fully saturated rings. The summed E-state index contributed by atoms with van der Waals surface area (Å²) >= 11 is 0. The highest BCUT2D eigenvalue weighted by atomic mass is 16.6. The van der Waals surface area contributed by atoms with Crippen LogP contribution < -0.4 is 20.1 Å². The summed E-state index contributed by atoms with van der Waals surface area (Å²) in [6.45, 7) is 0.170. The van der Waals surface area contributed by atoms with Crippen LogP contribution in [0.25, 0.3) is 0 Å². The summed E-state index contributed by atoms with van der Waals surface area (Å²) in [6.07, 6.45) is 1.41. The van der Waals surface area contributed by atoms with Gasteiger partial charge in [0.1, 0.15) is 6.61 Å². The van der Waals surface area contributed by atoms with Gasteiger partial charge in [-0.3, -0.25) is 9.59 Å². The fourth-order valence-corrected chi connectivity index (χ4v) is 3.02. The number of nitrogens with one attached hydrogen (secondary N) is 2. The van der Waals surface area contributed by atoms with Crippen LogP contribution in [-0.2, 0) is 16.0 Å². The van der Waals surface area contributed by atoms with Crippen LogP contribution in [0.4, 0.5) is 11.4 Å². The van der Waals surface area contributed by atoms with Crippen molar-refractivity contribution in [1.29, 1.82) is 0 Å². The van der Waals surface area contributed by atoms with Crippen molar-refractivity contribution >= 4 is 23.2 Å². The zero-order valence-electron chi connectivity index (χ0n) is 13.6. The molecule has 2 N–H and O–H groups in total. The number of carbonyl (C=O) groups is 2. The molecular formula is C19H18N2O4. The lowest BCUT2D eigenvalue weighted by molar-refractivity contribution is -0.125. The van der Waals surface area contributed by atoms with E-state index in [1.165, 1.54) is 0 Å². The molecule has 0 spiro atoms. The lowest BCUT2D eigenvalue weighted by Crippen LogP contribution is -2.40. The highest BCUT2D eigenvalue weighted by molar-refractivity contribution is 5.96. The highest BCUT2D eigenvalue weighted by Crippen LogP contribution is 2.31. The molecule has 0 saturated heterocycles. The lowest BCUT2D eigenvalue weighted by Gasteiger charge is -2.25. The summed E-state index contributed by atoms with van der Waals surface area (Å²) in [6, 6.07) is 12.8. The van der Waals surface area contributed by atoms with E-state index in [2.05, 4.69) is 10.6 Å². The van der Waals surface area contributed by atoms with Gasteiger partial charge in [-0.15, -0.1) is 0 Å². The van der Waals surface area contributed by atoms with Crippen molar-refractivity contribution in [3.63, 3.8) is 0 Å². The molecule has 2 aromatic carbocycles. The van der Waals surface area contributed by atoms with E-state index in [1.54, 1.807) is 12.1 Å². The molecule has 6 heteroatoms. The molecule has 2 aliphatic rings. The van der Waals surface area contributed by atoms with Gasteiger partial charge in [0.25, 0.3) is 5.91 Å². The Kier molecular flexibility index (Phi) is 4.01. The van der Waals surface area contributed by atoms with Gasteiger partial charge in [0, 0.05) is 17.8 Å². The molecule has 0 aliphatic carbocycles. The molecule has 2 amide bonds. The maximum absolute atomic E-state index is 12.5. The van der Waals surface area contributed by atoms with Crippen molar-refractivity contribution in [2.45, 2.75) is 25.4 Å². The molecule has 0 saturated carbocycles. The second-order valence-electron chi connectivity index (χ2n) is 6.13. The highest BCUT2D eigenvalue weighted by Gasteiger charge is 2.27. The monoisotopic (exact) mass is 338 g/mol. The third-order valence-electron chi connectivity index (χ3n) is 4.30. The Morgan fingerprint density at radius 1 is 1.12 bits per heavy atom. The largest absolute Gasteiger partial charge is 0.485 e. The van der Waals surface area contributed by atoms with E-state index in [0.29, 0.717) is 23.6 Å². The van der Waals surface area contributed by atoms with Crippen molar-refractivity contribution in [3.8, 4) is 11.5 Å². The zero-order valence-corrected chi connectivity index (χ0v) is 13.6. The van der Waals surface area contributed by atoms with Crippen molar-refractivity contribution in [1.82, 2.24) is 0 Å². The van der Waals surface area contributed by atoms with Gasteiger partial charge in [0.15, 0.2) is 11.5 Å². The molecule has 25 heavy (non-hydrogen) atoms. The fraction of sp³-hybridized carbons (Fsp3) is 0.263. The summed E-state index contributed by atoms with van der Waals surface area (Å²) in [7, 11) is 0. The van der Waals surface area contributed by atoms with Crippen LogP contribution >= 0.6 is 0 Å². The Morgan fingerprint density at radius 2 is 1.96 bits per heavy atom. The Bertz CT molecular complexity index is 834. The van der Waals surface area contributed by atoms with Gasteiger partial charge in [0.05, 0.1) is 0 Å². The molecule has 128 valence electrons. The van der Waals surface area contributed by atoms with Crippen LogP contribution in [0.15, 0.2) is 42.5 Å². The van der Waals surface area contributed by atoms with Gasteiger partial charge < -0.3 is 20.1 Å². The van der Waals surface area contributed by atoms with E-state index in [1.807, 2.05) is 30.3 Å².